The van der Waals surface area contributed by atoms with Crippen LogP contribution in [0.3, 0.4) is 0 Å². The van der Waals surface area contributed by atoms with Gasteiger partial charge in [-0.1, -0.05) is 18.1 Å². The molecule has 0 unspecified atom stereocenters. The normalized spacial score (nSPS) is 10.3. The molecule has 1 rings (SSSR count). The molecule has 0 aromatic heterocycles. The molecule has 1 amide bonds. The molecule has 0 atom stereocenters. The highest BCUT2D eigenvalue weighted by Gasteiger charge is 2.10. The number of aromatic hydroxyl groups is 1. The number of carbonyl (C=O) groups excluding carboxylic acids is 1. The fourth-order valence-electron chi connectivity index (χ4n) is 1.68. The molecule has 0 bridgehead atoms. The van der Waals surface area contributed by atoms with E-state index in [0.717, 1.165) is 18.4 Å². The highest BCUT2D eigenvalue weighted by atomic mass is 32.2. The fraction of sp³-hybridized carbons (Fsp3) is 0.500. The second kappa shape index (κ2) is 8.03. The van der Waals surface area contributed by atoms with Crippen LogP contribution in [-0.2, 0) is 0 Å². The second-order valence-corrected chi connectivity index (χ2v) is 5.32. The second-order valence-electron chi connectivity index (χ2n) is 4.33. The molecular weight excluding hydrogens is 246 g/mol. The average Bonchev–Trinajstić information content (AvgIpc) is 2.36. The molecule has 0 heterocycles. The average molecular weight is 267 g/mol. The summed E-state index contributed by atoms with van der Waals surface area (Å²) in [6.45, 7) is 2.57. The number of phenols is 1. The fourth-order valence-corrected chi connectivity index (χ4v) is 2.17. The van der Waals surface area contributed by atoms with Crippen molar-refractivity contribution in [3.63, 3.8) is 0 Å². The smallest absolute Gasteiger partial charge is 0.255 e. The van der Waals surface area contributed by atoms with Crippen molar-refractivity contribution in [1.82, 2.24) is 5.32 Å². The summed E-state index contributed by atoms with van der Waals surface area (Å²) in [5.41, 5.74) is 1.33. The van der Waals surface area contributed by atoms with E-state index in [1.807, 2.05) is 18.7 Å². The summed E-state index contributed by atoms with van der Waals surface area (Å²) in [4.78, 5) is 11.8. The van der Waals surface area contributed by atoms with Crippen LogP contribution in [0.25, 0.3) is 0 Å². The molecule has 0 saturated carbocycles. The Morgan fingerprint density at radius 3 is 2.83 bits per heavy atom. The molecule has 0 saturated heterocycles. The number of rotatable bonds is 7. The predicted octanol–water partition coefficient (Wildman–Crippen LogP) is 2.96. The maximum atomic E-state index is 11.8. The number of amides is 1. The summed E-state index contributed by atoms with van der Waals surface area (Å²) < 4.78 is 0. The van der Waals surface area contributed by atoms with Crippen molar-refractivity contribution in [2.24, 2.45) is 0 Å². The lowest BCUT2D eigenvalue weighted by atomic mass is 10.1. The van der Waals surface area contributed by atoms with Gasteiger partial charge in [-0.2, -0.15) is 11.8 Å². The number of carbonyl (C=O) groups is 1. The Morgan fingerprint density at radius 2 is 2.11 bits per heavy atom. The number of nitrogens with one attached hydrogen (secondary N) is 1. The Labute approximate surface area is 113 Å². The largest absolute Gasteiger partial charge is 0.507 e. The molecule has 0 spiro atoms. The van der Waals surface area contributed by atoms with Crippen LogP contribution in [0.4, 0.5) is 0 Å². The minimum Gasteiger partial charge on any atom is -0.507 e. The summed E-state index contributed by atoms with van der Waals surface area (Å²) >= 11 is 1.85. The molecule has 2 N–H and O–H groups in total. The van der Waals surface area contributed by atoms with E-state index in [2.05, 4.69) is 11.6 Å². The zero-order chi connectivity index (χ0) is 13.4. The van der Waals surface area contributed by atoms with Gasteiger partial charge in [-0.3, -0.25) is 4.79 Å². The molecule has 1 aromatic rings. The first kappa shape index (κ1) is 14.9. The lowest BCUT2D eigenvalue weighted by molar-refractivity contribution is 0.0950. The van der Waals surface area contributed by atoms with E-state index in [0.29, 0.717) is 12.1 Å². The molecule has 4 heteroatoms. The Kier molecular flexibility index (Phi) is 6.65. The van der Waals surface area contributed by atoms with Gasteiger partial charge in [-0.25, -0.2) is 0 Å². The first-order valence-corrected chi connectivity index (χ1v) is 7.61. The quantitative estimate of drug-likeness (QED) is 0.747. The molecule has 0 aliphatic heterocycles. The van der Waals surface area contributed by atoms with Gasteiger partial charge in [0.25, 0.3) is 5.91 Å². The third kappa shape index (κ3) is 5.00. The number of unbranched alkanes of at least 4 members (excludes halogenated alkanes) is 2. The van der Waals surface area contributed by atoms with Crippen LogP contribution in [-0.4, -0.2) is 29.6 Å². The van der Waals surface area contributed by atoms with Crippen molar-refractivity contribution in [2.75, 3.05) is 18.6 Å². The van der Waals surface area contributed by atoms with Crippen LogP contribution in [0, 0.1) is 6.92 Å². The molecule has 1 aromatic carbocycles. The van der Waals surface area contributed by atoms with Crippen molar-refractivity contribution < 1.29 is 9.90 Å². The van der Waals surface area contributed by atoms with Crippen molar-refractivity contribution >= 4 is 17.7 Å². The van der Waals surface area contributed by atoms with E-state index in [1.165, 1.54) is 12.2 Å². The van der Waals surface area contributed by atoms with Gasteiger partial charge in [0.2, 0.25) is 0 Å². The first-order chi connectivity index (χ1) is 8.65. The maximum absolute atomic E-state index is 11.8. The highest BCUT2D eigenvalue weighted by molar-refractivity contribution is 7.98. The minimum atomic E-state index is -0.193. The van der Waals surface area contributed by atoms with E-state index >= 15 is 0 Å². The van der Waals surface area contributed by atoms with Gasteiger partial charge in [-0.15, -0.1) is 0 Å². The van der Waals surface area contributed by atoms with Crippen LogP contribution in [0.2, 0.25) is 0 Å². The van der Waals surface area contributed by atoms with Gasteiger partial charge >= 0.3 is 0 Å². The SMILES string of the molecule is CSCCCCCNC(=O)c1cc(C)ccc1O. The van der Waals surface area contributed by atoms with Gasteiger partial charge in [0.15, 0.2) is 0 Å². The van der Waals surface area contributed by atoms with Gasteiger partial charge in [0, 0.05) is 6.54 Å². The van der Waals surface area contributed by atoms with Crippen LogP contribution >= 0.6 is 11.8 Å². The Balaban J connectivity index is 2.34. The number of aryl methyl sites for hydroxylation is 1. The molecular formula is C14H21NO2S. The standard InChI is InChI=1S/C14H21NO2S/c1-11-6-7-13(16)12(10-11)14(17)15-8-4-3-5-9-18-2/h6-7,10,16H,3-5,8-9H2,1-2H3,(H,15,17). The van der Waals surface area contributed by atoms with E-state index in [4.69, 9.17) is 0 Å². The van der Waals surface area contributed by atoms with Crippen LogP contribution < -0.4 is 5.32 Å². The number of hydrogen-bond acceptors (Lipinski definition) is 3. The summed E-state index contributed by atoms with van der Waals surface area (Å²) in [5.74, 6) is 1.02. The van der Waals surface area contributed by atoms with Gasteiger partial charge in [-0.05, 0) is 43.9 Å². The van der Waals surface area contributed by atoms with Gasteiger partial charge in [0.05, 0.1) is 5.56 Å². The van der Waals surface area contributed by atoms with E-state index in [-0.39, 0.29) is 11.7 Å². The molecule has 18 heavy (non-hydrogen) atoms. The number of phenolic OH excluding ortho intramolecular Hbond substituents is 1. The minimum absolute atomic E-state index is 0.0421. The zero-order valence-electron chi connectivity index (χ0n) is 11.0. The van der Waals surface area contributed by atoms with Crippen molar-refractivity contribution in [3.05, 3.63) is 29.3 Å². The number of thioether (sulfide) groups is 1. The lowest BCUT2D eigenvalue weighted by Crippen LogP contribution is -2.24. The Morgan fingerprint density at radius 1 is 1.33 bits per heavy atom. The Bertz CT molecular complexity index is 393. The number of benzene rings is 1. The summed E-state index contributed by atoms with van der Waals surface area (Å²) in [7, 11) is 0. The summed E-state index contributed by atoms with van der Waals surface area (Å²) in [6, 6.07) is 5.05. The molecule has 0 aliphatic carbocycles. The van der Waals surface area contributed by atoms with Crippen molar-refractivity contribution in [1.29, 1.82) is 0 Å². The molecule has 0 aliphatic rings. The Hall–Kier alpha value is -1.16. The summed E-state index contributed by atoms with van der Waals surface area (Å²) in [5, 5.41) is 12.5. The van der Waals surface area contributed by atoms with Gasteiger partial charge < -0.3 is 10.4 Å². The van der Waals surface area contributed by atoms with E-state index < -0.39 is 0 Å². The third-order valence-corrected chi connectivity index (χ3v) is 3.40. The van der Waals surface area contributed by atoms with Crippen LogP contribution in [0.15, 0.2) is 18.2 Å². The monoisotopic (exact) mass is 267 g/mol. The van der Waals surface area contributed by atoms with E-state index in [1.54, 1.807) is 18.2 Å². The first-order valence-electron chi connectivity index (χ1n) is 6.22. The van der Waals surface area contributed by atoms with Crippen LogP contribution in [0.1, 0.15) is 35.2 Å². The third-order valence-electron chi connectivity index (χ3n) is 2.71. The van der Waals surface area contributed by atoms with E-state index in [9.17, 15) is 9.90 Å². The topological polar surface area (TPSA) is 49.3 Å². The van der Waals surface area contributed by atoms with Gasteiger partial charge in [0.1, 0.15) is 5.75 Å². The summed E-state index contributed by atoms with van der Waals surface area (Å²) in [6.07, 6.45) is 5.40. The highest BCUT2D eigenvalue weighted by Crippen LogP contribution is 2.17. The molecule has 100 valence electrons. The van der Waals surface area contributed by atoms with Crippen molar-refractivity contribution in [3.8, 4) is 5.75 Å². The molecule has 0 radical (unpaired) electrons. The maximum Gasteiger partial charge on any atom is 0.255 e. The number of hydrogen-bond donors (Lipinski definition) is 2. The molecule has 3 nitrogen and oxygen atoms in total. The predicted molar refractivity (Wildman–Crippen MR) is 77.4 cm³/mol. The molecule has 0 fully saturated rings. The van der Waals surface area contributed by atoms with Crippen molar-refractivity contribution in [2.45, 2.75) is 26.2 Å². The zero-order valence-corrected chi connectivity index (χ0v) is 11.8. The van der Waals surface area contributed by atoms with Crippen LogP contribution in [0.5, 0.6) is 5.75 Å². The lowest BCUT2D eigenvalue weighted by Gasteiger charge is -2.07.